The number of hydrogen-bond acceptors (Lipinski definition) is 3. The Morgan fingerprint density at radius 3 is 2.12 bits per heavy atom. The van der Waals surface area contributed by atoms with Crippen LogP contribution in [-0.4, -0.2) is 18.9 Å². The lowest BCUT2D eigenvalue weighted by atomic mass is 9.91. The third-order valence-corrected chi connectivity index (χ3v) is 4.32. The minimum Gasteiger partial charge on any atom is -0.465 e. The van der Waals surface area contributed by atoms with Crippen molar-refractivity contribution in [2.45, 2.75) is 13.8 Å². The highest BCUT2D eigenvalue weighted by Crippen LogP contribution is 2.25. The van der Waals surface area contributed by atoms with Gasteiger partial charge in [-0.1, -0.05) is 42.5 Å². The quantitative estimate of drug-likeness (QED) is 0.528. The van der Waals surface area contributed by atoms with E-state index in [0.29, 0.717) is 16.7 Å². The summed E-state index contributed by atoms with van der Waals surface area (Å²) in [5, 5.41) is 1.87. The maximum Gasteiger partial charge on any atom is 0.338 e. The van der Waals surface area contributed by atoms with Crippen molar-refractivity contribution in [2.75, 3.05) is 7.11 Å². The van der Waals surface area contributed by atoms with Crippen molar-refractivity contribution in [3.8, 4) is 0 Å². The first-order valence-electron chi connectivity index (χ1n) is 7.75. The van der Waals surface area contributed by atoms with E-state index in [9.17, 15) is 9.59 Å². The Balaban J connectivity index is 2.23. The summed E-state index contributed by atoms with van der Waals surface area (Å²) in [6.45, 7) is 3.84. The molecule has 0 aliphatic heterocycles. The summed E-state index contributed by atoms with van der Waals surface area (Å²) >= 11 is 0. The summed E-state index contributed by atoms with van der Waals surface area (Å²) in [6.07, 6.45) is 0. The average molecular weight is 318 g/mol. The number of rotatable bonds is 3. The van der Waals surface area contributed by atoms with Gasteiger partial charge in [0.1, 0.15) is 0 Å². The molecular formula is C21H18O3. The van der Waals surface area contributed by atoms with Crippen molar-refractivity contribution in [1.82, 2.24) is 0 Å². The molecule has 3 heteroatoms. The molecule has 3 nitrogen and oxygen atoms in total. The maximum atomic E-state index is 13.2. The van der Waals surface area contributed by atoms with Crippen LogP contribution in [0.5, 0.6) is 0 Å². The van der Waals surface area contributed by atoms with Crippen LogP contribution in [-0.2, 0) is 4.74 Å². The summed E-state index contributed by atoms with van der Waals surface area (Å²) in [5.74, 6) is -0.669. The topological polar surface area (TPSA) is 43.4 Å². The van der Waals surface area contributed by atoms with Crippen molar-refractivity contribution in [1.29, 1.82) is 0 Å². The lowest BCUT2D eigenvalue weighted by Crippen LogP contribution is -2.13. The van der Waals surface area contributed by atoms with Crippen molar-refractivity contribution in [2.24, 2.45) is 0 Å². The Morgan fingerprint density at radius 1 is 0.792 bits per heavy atom. The molecule has 0 aromatic heterocycles. The molecule has 0 N–H and O–H groups in total. The molecule has 0 aliphatic carbocycles. The smallest absolute Gasteiger partial charge is 0.338 e. The molecule has 0 atom stereocenters. The zero-order chi connectivity index (χ0) is 17.3. The molecule has 0 bridgehead atoms. The molecule has 0 heterocycles. The Labute approximate surface area is 140 Å². The second-order valence-corrected chi connectivity index (χ2v) is 5.83. The van der Waals surface area contributed by atoms with Crippen molar-refractivity contribution < 1.29 is 14.3 Å². The third-order valence-electron chi connectivity index (χ3n) is 4.32. The normalized spacial score (nSPS) is 10.6. The summed E-state index contributed by atoms with van der Waals surface area (Å²) in [6, 6.07) is 16.8. The summed E-state index contributed by atoms with van der Waals surface area (Å²) in [4.78, 5) is 25.3. The predicted molar refractivity (Wildman–Crippen MR) is 94.6 cm³/mol. The van der Waals surface area contributed by atoms with E-state index in [4.69, 9.17) is 4.74 Å². The molecule has 120 valence electrons. The van der Waals surface area contributed by atoms with E-state index in [-0.39, 0.29) is 5.78 Å². The van der Waals surface area contributed by atoms with Crippen molar-refractivity contribution >= 4 is 22.5 Å². The molecular weight excluding hydrogens is 300 g/mol. The number of benzene rings is 3. The van der Waals surface area contributed by atoms with Crippen LogP contribution in [0.15, 0.2) is 54.6 Å². The number of aryl methyl sites for hydroxylation is 2. The Kier molecular flexibility index (Phi) is 4.17. The second-order valence-electron chi connectivity index (χ2n) is 5.83. The maximum absolute atomic E-state index is 13.2. The zero-order valence-corrected chi connectivity index (χ0v) is 13.9. The first-order valence-corrected chi connectivity index (χ1v) is 7.75. The highest BCUT2D eigenvalue weighted by molar-refractivity contribution is 6.19. The van der Waals surface area contributed by atoms with Crippen LogP contribution in [0.1, 0.15) is 37.4 Å². The molecule has 0 radical (unpaired) electrons. The van der Waals surface area contributed by atoms with Crippen LogP contribution < -0.4 is 0 Å². The van der Waals surface area contributed by atoms with Crippen LogP contribution in [0.4, 0.5) is 0 Å². The molecule has 24 heavy (non-hydrogen) atoms. The zero-order valence-electron chi connectivity index (χ0n) is 13.9. The van der Waals surface area contributed by atoms with E-state index in [1.165, 1.54) is 7.11 Å². The second kappa shape index (κ2) is 6.28. The van der Waals surface area contributed by atoms with E-state index in [0.717, 1.165) is 21.9 Å². The van der Waals surface area contributed by atoms with Crippen LogP contribution in [0.3, 0.4) is 0 Å². The van der Waals surface area contributed by atoms with Gasteiger partial charge in [-0.05, 0) is 47.9 Å². The van der Waals surface area contributed by atoms with Crippen molar-refractivity contribution in [3.63, 3.8) is 0 Å². The SMILES string of the molecule is COC(=O)c1cc(C)c(C)cc1C(=O)c1cccc2ccccc12. The monoisotopic (exact) mass is 318 g/mol. The van der Waals surface area contributed by atoms with Gasteiger partial charge in [0.05, 0.1) is 12.7 Å². The average Bonchev–Trinajstić information content (AvgIpc) is 2.61. The number of fused-ring (bicyclic) bond motifs is 1. The molecule has 0 saturated heterocycles. The Morgan fingerprint density at radius 2 is 1.42 bits per heavy atom. The van der Waals surface area contributed by atoms with E-state index < -0.39 is 5.97 Å². The van der Waals surface area contributed by atoms with Crippen molar-refractivity contribution in [3.05, 3.63) is 82.4 Å². The molecule has 0 saturated carbocycles. The van der Waals surface area contributed by atoms with Crippen LogP contribution in [0.25, 0.3) is 10.8 Å². The predicted octanol–water partition coefficient (Wildman–Crippen LogP) is 4.47. The van der Waals surface area contributed by atoms with E-state index >= 15 is 0 Å². The van der Waals surface area contributed by atoms with E-state index in [2.05, 4.69) is 0 Å². The van der Waals surface area contributed by atoms with Crippen LogP contribution in [0.2, 0.25) is 0 Å². The lowest BCUT2D eigenvalue weighted by molar-refractivity contribution is 0.0597. The van der Waals surface area contributed by atoms with Gasteiger partial charge in [0.25, 0.3) is 0 Å². The molecule has 0 spiro atoms. The van der Waals surface area contributed by atoms with Gasteiger partial charge in [0.15, 0.2) is 5.78 Å². The van der Waals surface area contributed by atoms with E-state index in [1.54, 1.807) is 18.2 Å². The lowest BCUT2D eigenvalue weighted by Gasteiger charge is -2.12. The molecule has 0 aliphatic rings. The minimum absolute atomic E-state index is 0.171. The molecule has 3 rings (SSSR count). The standard InChI is InChI=1S/C21H18O3/c1-13-11-18(19(12-14(13)2)21(23)24-3)20(22)17-10-6-8-15-7-4-5-9-16(15)17/h4-12H,1-3H3. The fourth-order valence-electron chi connectivity index (χ4n) is 2.85. The summed E-state index contributed by atoms with van der Waals surface area (Å²) in [7, 11) is 1.32. The molecule has 3 aromatic rings. The highest BCUT2D eigenvalue weighted by Gasteiger charge is 2.21. The summed E-state index contributed by atoms with van der Waals surface area (Å²) in [5.41, 5.74) is 3.18. The first-order chi connectivity index (χ1) is 11.5. The summed E-state index contributed by atoms with van der Waals surface area (Å²) < 4.78 is 4.85. The number of methoxy groups -OCH3 is 1. The fourth-order valence-corrected chi connectivity index (χ4v) is 2.85. The fraction of sp³-hybridized carbons (Fsp3) is 0.143. The van der Waals surface area contributed by atoms with Crippen LogP contribution in [0, 0.1) is 13.8 Å². The van der Waals surface area contributed by atoms with Gasteiger partial charge >= 0.3 is 5.97 Å². The number of esters is 1. The number of carbonyl (C=O) groups is 2. The van der Waals surface area contributed by atoms with Gasteiger partial charge < -0.3 is 4.74 Å². The number of ether oxygens (including phenoxy) is 1. The van der Waals surface area contributed by atoms with Gasteiger partial charge in [-0.15, -0.1) is 0 Å². The van der Waals surface area contributed by atoms with Gasteiger partial charge in [0.2, 0.25) is 0 Å². The van der Waals surface area contributed by atoms with Gasteiger partial charge in [0, 0.05) is 11.1 Å². The molecule has 0 amide bonds. The molecule has 3 aromatic carbocycles. The Hall–Kier alpha value is -2.94. The van der Waals surface area contributed by atoms with E-state index in [1.807, 2.05) is 50.2 Å². The first kappa shape index (κ1) is 15.9. The van der Waals surface area contributed by atoms with Crippen LogP contribution >= 0.6 is 0 Å². The third kappa shape index (κ3) is 2.69. The molecule has 0 fully saturated rings. The van der Waals surface area contributed by atoms with Gasteiger partial charge in [-0.3, -0.25) is 4.79 Å². The number of hydrogen-bond donors (Lipinski definition) is 0. The highest BCUT2D eigenvalue weighted by atomic mass is 16.5. The molecule has 0 unspecified atom stereocenters. The van der Waals surface area contributed by atoms with Gasteiger partial charge in [-0.2, -0.15) is 0 Å². The minimum atomic E-state index is -0.498. The number of carbonyl (C=O) groups excluding carboxylic acids is 2. The number of ketones is 1. The largest absolute Gasteiger partial charge is 0.465 e. The van der Waals surface area contributed by atoms with Gasteiger partial charge in [-0.25, -0.2) is 4.79 Å². The Bertz CT molecular complexity index is 949.